The second kappa shape index (κ2) is 5.74. The molecule has 0 aromatic rings. The van der Waals surface area contributed by atoms with Crippen LogP contribution in [0.5, 0.6) is 0 Å². The van der Waals surface area contributed by atoms with Crippen molar-refractivity contribution in [1.29, 1.82) is 0 Å². The highest BCUT2D eigenvalue weighted by Gasteiger charge is 2.44. The molecule has 2 N–H and O–H groups in total. The summed E-state index contributed by atoms with van der Waals surface area (Å²) in [5.74, 6) is 0. The predicted molar refractivity (Wildman–Crippen MR) is 50.4 cm³/mol. The second-order valence-corrected chi connectivity index (χ2v) is 3.42. The molecule has 5 atom stereocenters. The van der Waals surface area contributed by atoms with Gasteiger partial charge in [0.15, 0.2) is 6.29 Å². The molecule has 0 aromatic heterocycles. The third-order valence-electron chi connectivity index (χ3n) is 2.48. The summed E-state index contributed by atoms with van der Waals surface area (Å²) in [6, 6.07) is 0. The molecular formula is C9H18O6. The van der Waals surface area contributed by atoms with E-state index in [-0.39, 0.29) is 6.61 Å². The first kappa shape index (κ1) is 12.8. The van der Waals surface area contributed by atoms with E-state index in [1.54, 1.807) is 0 Å². The van der Waals surface area contributed by atoms with E-state index in [4.69, 9.17) is 18.9 Å². The molecule has 1 aliphatic heterocycles. The maximum absolute atomic E-state index is 9.75. The Labute approximate surface area is 88.7 Å². The Morgan fingerprint density at radius 2 is 1.73 bits per heavy atom. The van der Waals surface area contributed by atoms with E-state index in [2.05, 4.69) is 0 Å². The zero-order chi connectivity index (χ0) is 11.4. The van der Waals surface area contributed by atoms with E-state index in [1.165, 1.54) is 21.3 Å². The number of hydrogen-bond donors (Lipinski definition) is 2. The van der Waals surface area contributed by atoms with Crippen molar-refractivity contribution in [2.24, 2.45) is 0 Å². The summed E-state index contributed by atoms with van der Waals surface area (Å²) < 4.78 is 20.3. The molecule has 15 heavy (non-hydrogen) atoms. The Bertz CT molecular complexity index is 187. The van der Waals surface area contributed by atoms with Crippen molar-refractivity contribution in [3.05, 3.63) is 0 Å². The molecule has 1 aliphatic rings. The minimum absolute atomic E-state index is 0.266. The summed E-state index contributed by atoms with van der Waals surface area (Å²) in [5, 5.41) is 19.3. The minimum atomic E-state index is -1.12. The normalized spacial score (nSPS) is 41.8. The number of aliphatic hydroxyl groups excluding tert-OH is 2. The van der Waals surface area contributed by atoms with Crippen LogP contribution < -0.4 is 0 Å². The first-order chi connectivity index (χ1) is 7.15. The molecule has 0 saturated carbocycles. The van der Waals surface area contributed by atoms with Crippen molar-refractivity contribution in [1.82, 2.24) is 0 Å². The quantitative estimate of drug-likeness (QED) is 0.618. The monoisotopic (exact) mass is 222 g/mol. The number of hydrogen-bond acceptors (Lipinski definition) is 6. The van der Waals surface area contributed by atoms with Gasteiger partial charge in [-0.1, -0.05) is 0 Å². The van der Waals surface area contributed by atoms with Gasteiger partial charge in [-0.25, -0.2) is 0 Å². The highest BCUT2D eigenvalue weighted by Crippen LogP contribution is 2.23. The smallest absolute Gasteiger partial charge is 0.186 e. The lowest BCUT2D eigenvalue weighted by Crippen LogP contribution is -2.59. The van der Waals surface area contributed by atoms with Gasteiger partial charge in [0.05, 0.1) is 6.61 Å². The molecule has 0 aliphatic carbocycles. The van der Waals surface area contributed by atoms with E-state index in [0.29, 0.717) is 0 Å². The molecule has 0 amide bonds. The molecule has 1 heterocycles. The first-order valence-corrected chi connectivity index (χ1v) is 4.71. The van der Waals surface area contributed by atoms with Crippen LogP contribution in [0.15, 0.2) is 0 Å². The Hall–Kier alpha value is -0.240. The maximum Gasteiger partial charge on any atom is 0.186 e. The molecule has 90 valence electrons. The van der Waals surface area contributed by atoms with E-state index in [9.17, 15) is 10.2 Å². The lowest BCUT2D eigenvalue weighted by Gasteiger charge is -2.41. The first-order valence-electron chi connectivity index (χ1n) is 4.71. The molecule has 0 radical (unpaired) electrons. The van der Waals surface area contributed by atoms with E-state index in [1.807, 2.05) is 0 Å². The second-order valence-electron chi connectivity index (χ2n) is 3.42. The van der Waals surface area contributed by atoms with Gasteiger partial charge in [0, 0.05) is 21.3 Å². The van der Waals surface area contributed by atoms with Gasteiger partial charge >= 0.3 is 0 Å². The summed E-state index contributed by atoms with van der Waals surface area (Å²) in [5.41, 5.74) is 0. The van der Waals surface area contributed by atoms with Crippen molar-refractivity contribution >= 4 is 0 Å². The summed E-state index contributed by atoms with van der Waals surface area (Å²) in [7, 11) is 4.37. The average Bonchev–Trinajstić information content (AvgIpc) is 2.24. The van der Waals surface area contributed by atoms with Gasteiger partial charge in [0.25, 0.3) is 0 Å². The SMILES string of the molecule is COCC1O[C@H](OC)C(O)[C@H](O)[C@@H]1OC. The number of aliphatic hydroxyl groups is 2. The average molecular weight is 222 g/mol. The van der Waals surface area contributed by atoms with Crippen LogP contribution in [-0.2, 0) is 18.9 Å². The van der Waals surface area contributed by atoms with Gasteiger partial charge in [-0.2, -0.15) is 0 Å². The number of ether oxygens (including phenoxy) is 4. The van der Waals surface area contributed by atoms with E-state index in [0.717, 1.165) is 0 Å². The van der Waals surface area contributed by atoms with Crippen molar-refractivity contribution in [3.63, 3.8) is 0 Å². The number of rotatable bonds is 4. The molecular weight excluding hydrogens is 204 g/mol. The Balaban J connectivity index is 2.70. The van der Waals surface area contributed by atoms with Gasteiger partial charge in [0.2, 0.25) is 0 Å². The molecule has 2 unspecified atom stereocenters. The van der Waals surface area contributed by atoms with Gasteiger partial charge in [0.1, 0.15) is 24.4 Å². The van der Waals surface area contributed by atoms with E-state index >= 15 is 0 Å². The lowest BCUT2D eigenvalue weighted by atomic mass is 9.99. The van der Waals surface area contributed by atoms with Gasteiger partial charge in [-0.15, -0.1) is 0 Å². The van der Waals surface area contributed by atoms with Crippen LogP contribution in [0, 0.1) is 0 Å². The molecule has 0 bridgehead atoms. The summed E-state index contributed by atoms with van der Waals surface area (Å²) in [6.45, 7) is 0.266. The minimum Gasteiger partial charge on any atom is -0.387 e. The summed E-state index contributed by atoms with van der Waals surface area (Å²) in [4.78, 5) is 0. The van der Waals surface area contributed by atoms with Crippen LogP contribution in [0.4, 0.5) is 0 Å². The van der Waals surface area contributed by atoms with Crippen LogP contribution >= 0.6 is 0 Å². The molecule has 0 spiro atoms. The Morgan fingerprint density at radius 3 is 2.20 bits per heavy atom. The highest BCUT2D eigenvalue weighted by molar-refractivity contribution is 4.89. The van der Waals surface area contributed by atoms with Crippen molar-refractivity contribution in [2.45, 2.75) is 30.7 Å². The number of methoxy groups -OCH3 is 3. The summed E-state index contributed by atoms with van der Waals surface area (Å²) >= 11 is 0. The predicted octanol–water partition coefficient (Wildman–Crippen LogP) is -1.26. The lowest BCUT2D eigenvalue weighted by molar-refractivity contribution is -0.299. The van der Waals surface area contributed by atoms with Crippen molar-refractivity contribution in [3.8, 4) is 0 Å². The molecule has 1 fully saturated rings. The third kappa shape index (κ3) is 2.66. The molecule has 6 heteroatoms. The van der Waals surface area contributed by atoms with Crippen LogP contribution in [0.1, 0.15) is 0 Å². The molecule has 0 aromatic carbocycles. The maximum atomic E-state index is 9.75. The molecule has 1 saturated heterocycles. The fourth-order valence-electron chi connectivity index (χ4n) is 1.69. The third-order valence-corrected chi connectivity index (χ3v) is 2.48. The Morgan fingerprint density at radius 1 is 1.07 bits per heavy atom. The highest BCUT2D eigenvalue weighted by atomic mass is 16.7. The van der Waals surface area contributed by atoms with Crippen LogP contribution in [-0.4, -0.2) is 68.9 Å². The van der Waals surface area contributed by atoms with Gasteiger partial charge < -0.3 is 29.2 Å². The fourth-order valence-corrected chi connectivity index (χ4v) is 1.69. The van der Waals surface area contributed by atoms with Crippen LogP contribution in [0.25, 0.3) is 0 Å². The molecule has 6 nitrogen and oxygen atoms in total. The van der Waals surface area contributed by atoms with E-state index < -0.39 is 30.7 Å². The van der Waals surface area contributed by atoms with Gasteiger partial charge in [-0.3, -0.25) is 0 Å². The standard InChI is InChI=1S/C9H18O6/c1-12-4-5-8(13-2)6(10)7(11)9(14-3)15-5/h5-11H,4H2,1-3H3/t5?,6-,7?,8+,9-/m0/s1. The summed E-state index contributed by atoms with van der Waals surface area (Å²) in [6.07, 6.45) is -4.09. The largest absolute Gasteiger partial charge is 0.387 e. The van der Waals surface area contributed by atoms with Crippen molar-refractivity contribution < 1.29 is 29.2 Å². The zero-order valence-electron chi connectivity index (χ0n) is 9.12. The Kier molecular flexibility index (Phi) is 4.91. The zero-order valence-corrected chi connectivity index (χ0v) is 9.12. The van der Waals surface area contributed by atoms with Crippen molar-refractivity contribution in [2.75, 3.05) is 27.9 Å². The van der Waals surface area contributed by atoms with Crippen LogP contribution in [0.2, 0.25) is 0 Å². The molecule has 1 rings (SSSR count). The van der Waals surface area contributed by atoms with Crippen LogP contribution in [0.3, 0.4) is 0 Å². The fraction of sp³-hybridized carbons (Fsp3) is 1.00. The topological polar surface area (TPSA) is 77.4 Å². The van der Waals surface area contributed by atoms with Gasteiger partial charge in [-0.05, 0) is 0 Å².